The smallest absolute Gasteiger partial charge is 0.274 e. The molecule has 1 aliphatic carbocycles. The van der Waals surface area contributed by atoms with Crippen LogP contribution in [0.15, 0.2) is 53.3 Å². The summed E-state index contributed by atoms with van der Waals surface area (Å²) in [5.41, 5.74) is 1.74. The molecule has 1 aliphatic rings. The standard InChI is InChI=1S/C26H30N4O3/c1-3-4-7-16-30-26(33)22-9-6-5-8-21(22)23(29-30)25(32)27-17(2)18-12-14-20(15-13-18)28-24(31)19-10-11-19/h5-6,8-9,12-15,17,19H,3-4,7,10-11,16H2,1-2H3,(H,27,32)(H,28,31). The Hall–Kier alpha value is -3.48. The first-order valence-electron chi connectivity index (χ1n) is 11.7. The van der Waals surface area contributed by atoms with E-state index >= 15 is 0 Å². The third kappa shape index (κ3) is 5.30. The van der Waals surface area contributed by atoms with Crippen molar-refractivity contribution in [1.82, 2.24) is 15.1 Å². The first kappa shape index (κ1) is 22.7. The van der Waals surface area contributed by atoms with Crippen LogP contribution in [-0.4, -0.2) is 21.6 Å². The van der Waals surface area contributed by atoms with Gasteiger partial charge in [-0.3, -0.25) is 14.4 Å². The van der Waals surface area contributed by atoms with E-state index in [1.54, 1.807) is 24.3 Å². The Labute approximate surface area is 193 Å². The summed E-state index contributed by atoms with van der Waals surface area (Å²) >= 11 is 0. The van der Waals surface area contributed by atoms with Gasteiger partial charge < -0.3 is 10.6 Å². The van der Waals surface area contributed by atoms with Crippen molar-refractivity contribution in [2.24, 2.45) is 5.92 Å². The second-order valence-corrected chi connectivity index (χ2v) is 8.71. The zero-order chi connectivity index (χ0) is 23.4. The molecular formula is C26H30N4O3. The molecular weight excluding hydrogens is 416 g/mol. The molecule has 0 saturated heterocycles. The molecule has 2 aromatic carbocycles. The number of carbonyl (C=O) groups excluding carboxylic acids is 2. The molecule has 33 heavy (non-hydrogen) atoms. The number of aromatic nitrogens is 2. The Bertz CT molecular complexity index is 1210. The summed E-state index contributed by atoms with van der Waals surface area (Å²) in [7, 11) is 0. The molecule has 7 heteroatoms. The van der Waals surface area contributed by atoms with E-state index in [1.807, 2.05) is 31.2 Å². The van der Waals surface area contributed by atoms with Gasteiger partial charge in [0.25, 0.3) is 11.5 Å². The van der Waals surface area contributed by atoms with Gasteiger partial charge in [0.15, 0.2) is 5.69 Å². The lowest BCUT2D eigenvalue weighted by atomic mass is 10.1. The first-order chi connectivity index (χ1) is 16.0. The van der Waals surface area contributed by atoms with Gasteiger partial charge in [-0.15, -0.1) is 0 Å². The van der Waals surface area contributed by atoms with Crippen LogP contribution in [0, 0.1) is 5.92 Å². The number of aryl methyl sites for hydroxylation is 1. The molecule has 1 aromatic heterocycles. The molecule has 7 nitrogen and oxygen atoms in total. The maximum Gasteiger partial charge on any atom is 0.274 e. The zero-order valence-corrected chi connectivity index (χ0v) is 19.1. The van der Waals surface area contributed by atoms with Crippen molar-refractivity contribution >= 4 is 28.3 Å². The predicted octanol–water partition coefficient (Wildman–Crippen LogP) is 4.43. The maximum atomic E-state index is 13.2. The van der Waals surface area contributed by atoms with Crippen LogP contribution in [0.1, 0.15) is 68.0 Å². The van der Waals surface area contributed by atoms with Gasteiger partial charge in [-0.1, -0.05) is 50.1 Å². The molecule has 2 N–H and O–H groups in total. The molecule has 0 spiro atoms. The number of carbonyl (C=O) groups is 2. The van der Waals surface area contributed by atoms with Crippen LogP contribution in [0.2, 0.25) is 0 Å². The lowest BCUT2D eigenvalue weighted by molar-refractivity contribution is -0.117. The monoisotopic (exact) mass is 446 g/mol. The van der Waals surface area contributed by atoms with Gasteiger partial charge in [-0.25, -0.2) is 4.68 Å². The molecule has 1 atom stereocenters. The van der Waals surface area contributed by atoms with Crippen molar-refractivity contribution in [1.29, 1.82) is 0 Å². The number of fused-ring (bicyclic) bond motifs is 1. The molecule has 2 amide bonds. The second kappa shape index (κ2) is 9.98. The summed E-state index contributed by atoms with van der Waals surface area (Å²) in [5, 5.41) is 11.4. The molecule has 1 heterocycles. The van der Waals surface area contributed by atoms with Crippen LogP contribution in [0.5, 0.6) is 0 Å². The summed E-state index contributed by atoms with van der Waals surface area (Å²) in [5.74, 6) is -0.111. The number of nitrogens with one attached hydrogen (secondary N) is 2. The fraction of sp³-hybridized carbons (Fsp3) is 0.385. The molecule has 0 radical (unpaired) electrons. The van der Waals surface area contributed by atoms with E-state index in [0.717, 1.165) is 43.4 Å². The van der Waals surface area contributed by atoms with Gasteiger partial charge in [0.2, 0.25) is 5.91 Å². The Morgan fingerprint density at radius 2 is 1.76 bits per heavy atom. The van der Waals surface area contributed by atoms with Crippen LogP contribution in [-0.2, 0) is 11.3 Å². The van der Waals surface area contributed by atoms with E-state index in [-0.39, 0.29) is 35.0 Å². The van der Waals surface area contributed by atoms with Crippen molar-refractivity contribution in [3.63, 3.8) is 0 Å². The number of hydrogen-bond donors (Lipinski definition) is 2. The molecule has 172 valence electrons. The van der Waals surface area contributed by atoms with Crippen molar-refractivity contribution in [2.45, 2.75) is 58.5 Å². The number of amides is 2. The Balaban J connectivity index is 1.52. The Morgan fingerprint density at radius 3 is 2.42 bits per heavy atom. The second-order valence-electron chi connectivity index (χ2n) is 8.71. The lowest BCUT2D eigenvalue weighted by Gasteiger charge is -2.16. The third-order valence-electron chi connectivity index (χ3n) is 6.03. The largest absolute Gasteiger partial charge is 0.344 e. The highest BCUT2D eigenvalue weighted by atomic mass is 16.2. The van der Waals surface area contributed by atoms with Crippen LogP contribution in [0.25, 0.3) is 10.8 Å². The summed E-state index contributed by atoms with van der Waals surface area (Å²) in [6.45, 7) is 4.49. The van der Waals surface area contributed by atoms with Gasteiger partial charge in [0.1, 0.15) is 0 Å². The predicted molar refractivity (Wildman–Crippen MR) is 129 cm³/mol. The van der Waals surface area contributed by atoms with E-state index < -0.39 is 0 Å². The van der Waals surface area contributed by atoms with Crippen molar-refractivity contribution in [3.05, 3.63) is 70.1 Å². The quantitative estimate of drug-likeness (QED) is 0.476. The molecule has 1 unspecified atom stereocenters. The zero-order valence-electron chi connectivity index (χ0n) is 19.1. The maximum absolute atomic E-state index is 13.2. The Kier molecular flexibility index (Phi) is 6.87. The van der Waals surface area contributed by atoms with Crippen LogP contribution >= 0.6 is 0 Å². The van der Waals surface area contributed by atoms with Crippen LogP contribution in [0.4, 0.5) is 5.69 Å². The average molecular weight is 447 g/mol. The van der Waals surface area contributed by atoms with E-state index in [9.17, 15) is 14.4 Å². The highest BCUT2D eigenvalue weighted by molar-refractivity contribution is 6.04. The minimum Gasteiger partial charge on any atom is -0.344 e. The third-order valence-corrected chi connectivity index (χ3v) is 6.03. The number of nitrogens with zero attached hydrogens (tertiary/aromatic N) is 2. The Morgan fingerprint density at radius 1 is 1.06 bits per heavy atom. The van der Waals surface area contributed by atoms with E-state index in [0.29, 0.717) is 17.3 Å². The van der Waals surface area contributed by atoms with Gasteiger partial charge in [0.05, 0.1) is 11.4 Å². The molecule has 1 fully saturated rings. The molecule has 0 aliphatic heterocycles. The fourth-order valence-corrected chi connectivity index (χ4v) is 3.86. The lowest BCUT2D eigenvalue weighted by Crippen LogP contribution is -2.32. The van der Waals surface area contributed by atoms with Crippen LogP contribution < -0.4 is 16.2 Å². The van der Waals surface area contributed by atoms with Gasteiger partial charge in [-0.05, 0) is 49.9 Å². The van der Waals surface area contributed by atoms with Crippen molar-refractivity contribution in [2.75, 3.05) is 5.32 Å². The molecule has 4 rings (SSSR count). The number of unbranched alkanes of at least 4 members (excludes halogenated alkanes) is 2. The molecule has 0 bridgehead atoms. The minimum atomic E-state index is -0.325. The van der Waals surface area contributed by atoms with Crippen LogP contribution in [0.3, 0.4) is 0 Å². The van der Waals surface area contributed by atoms with Crippen molar-refractivity contribution < 1.29 is 9.59 Å². The van der Waals surface area contributed by atoms with E-state index in [1.165, 1.54) is 4.68 Å². The summed E-state index contributed by atoms with van der Waals surface area (Å²) < 4.78 is 1.41. The van der Waals surface area contributed by atoms with E-state index in [2.05, 4.69) is 22.7 Å². The SMILES string of the molecule is CCCCCn1nc(C(=O)NC(C)c2ccc(NC(=O)C3CC3)cc2)c2ccccc2c1=O. The minimum absolute atomic E-state index is 0.0658. The average Bonchev–Trinajstić information content (AvgIpc) is 3.67. The van der Waals surface area contributed by atoms with Crippen molar-refractivity contribution in [3.8, 4) is 0 Å². The number of benzene rings is 2. The van der Waals surface area contributed by atoms with Gasteiger partial charge in [0, 0.05) is 23.5 Å². The molecule has 3 aromatic rings. The number of anilines is 1. The fourth-order valence-electron chi connectivity index (χ4n) is 3.86. The topological polar surface area (TPSA) is 93.1 Å². The highest BCUT2D eigenvalue weighted by Crippen LogP contribution is 2.30. The highest BCUT2D eigenvalue weighted by Gasteiger charge is 2.29. The van der Waals surface area contributed by atoms with E-state index in [4.69, 9.17) is 0 Å². The number of rotatable bonds is 9. The molecule has 1 saturated carbocycles. The normalized spacial score (nSPS) is 14.1. The first-order valence-corrected chi connectivity index (χ1v) is 11.7. The van der Waals surface area contributed by atoms with Gasteiger partial charge >= 0.3 is 0 Å². The number of hydrogen-bond acceptors (Lipinski definition) is 4. The summed E-state index contributed by atoms with van der Waals surface area (Å²) in [6.07, 6.45) is 4.79. The van der Waals surface area contributed by atoms with Gasteiger partial charge in [-0.2, -0.15) is 5.10 Å². The summed E-state index contributed by atoms with van der Waals surface area (Å²) in [4.78, 5) is 38.0. The summed E-state index contributed by atoms with van der Waals surface area (Å²) in [6, 6.07) is 14.3.